The standard InChI is InChI=1S/C20H24N2O5S/c1-3-28(24,25)22-12-4-5-15-13-16(6-11-19(15)22)21-20(23)14-27-18-9-7-17(26-2)8-10-18/h6-11,13H,3-5,12,14H2,1-2H3,(H,21,23). The molecule has 0 aromatic heterocycles. The Bertz CT molecular complexity index is 942. The molecular formula is C20H24N2O5S. The van der Waals surface area contributed by atoms with Crippen molar-refractivity contribution in [1.29, 1.82) is 0 Å². The summed E-state index contributed by atoms with van der Waals surface area (Å²) in [6.07, 6.45) is 1.53. The number of hydrogen-bond acceptors (Lipinski definition) is 5. The summed E-state index contributed by atoms with van der Waals surface area (Å²) < 4.78 is 36.6. The van der Waals surface area contributed by atoms with Crippen LogP contribution < -0.4 is 19.1 Å². The quantitative estimate of drug-likeness (QED) is 0.767. The molecule has 2 aromatic carbocycles. The lowest BCUT2D eigenvalue weighted by molar-refractivity contribution is -0.118. The van der Waals surface area contributed by atoms with Crippen LogP contribution >= 0.6 is 0 Å². The van der Waals surface area contributed by atoms with E-state index in [-0.39, 0.29) is 18.3 Å². The van der Waals surface area contributed by atoms with Crippen molar-refractivity contribution in [3.05, 3.63) is 48.0 Å². The smallest absolute Gasteiger partial charge is 0.262 e. The summed E-state index contributed by atoms with van der Waals surface area (Å²) in [7, 11) is -1.72. The minimum absolute atomic E-state index is 0.0631. The molecular weight excluding hydrogens is 380 g/mol. The normalized spacial score (nSPS) is 13.6. The van der Waals surface area contributed by atoms with Gasteiger partial charge in [-0.3, -0.25) is 9.10 Å². The SMILES string of the molecule is CCS(=O)(=O)N1CCCc2cc(NC(=O)COc3ccc(OC)cc3)ccc21. The number of aryl methyl sites for hydroxylation is 1. The van der Waals surface area contributed by atoms with Crippen molar-refractivity contribution >= 4 is 27.3 Å². The van der Waals surface area contributed by atoms with Crippen LogP contribution in [-0.2, 0) is 21.2 Å². The molecule has 0 atom stereocenters. The van der Waals surface area contributed by atoms with E-state index in [1.165, 1.54) is 4.31 Å². The van der Waals surface area contributed by atoms with E-state index in [0.29, 0.717) is 29.4 Å². The molecule has 28 heavy (non-hydrogen) atoms. The highest BCUT2D eigenvalue weighted by Crippen LogP contribution is 2.31. The lowest BCUT2D eigenvalue weighted by Gasteiger charge is -2.30. The Morgan fingerprint density at radius 2 is 1.86 bits per heavy atom. The third-order valence-electron chi connectivity index (χ3n) is 4.57. The van der Waals surface area contributed by atoms with E-state index in [2.05, 4.69) is 5.32 Å². The molecule has 0 fully saturated rings. The number of sulfonamides is 1. The average Bonchev–Trinajstić information content (AvgIpc) is 2.72. The molecule has 0 radical (unpaired) electrons. The predicted molar refractivity (Wildman–Crippen MR) is 109 cm³/mol. The number of carbonyl (C=O) groups is 1. The Balaban J connectivity index is 1.64. The van der Waals surface area contributed by atoms with Crippen LogP contribution in [0.3, 0.4) is 0 Å². The highest BCUT2D eigenvalue weighted by atomic mass is 32.2. The topological polar surface area (TPSA) is 84.9 Å². The monoisotopic (exact) mass is 404 g/mol. The van der Waals surface area contributed by atoms with Crippen LogP contribution in [0.4, 0.5) is 11.4 Å². The zero-order chi connectivity index (χ0) is 20.1. The Hall–Kier alpha value is -2.74. The molecule has 0 bridgehead atoms. The van der Waals surface area contributed by atoms with Crippen molar-refractivity contribution in [1.82, 2.24) is 0 Å². The number of benzene rings is 2. The zero-order valence-corrected chi connectivity index (χ0v) is 16.8. The van der Waals surface area contributed by atoms with Crippen LogP contribution in [0.15, 0.2) is 42.5 Å². The van der Waals surface area contributed by atoms with Crippen LogP contribution in [0.2, 0.25) is 0 Å². The number of ether oxygens (including phenoxy) is 2. The first kappa shape index (κ1) is 20.0. The van der Waals surface area contributed by atoms with Gasteiger partial charge < -0.3 is 14.8 Å². The Morgan fingerprint density at radius 1 is 1.14 bits per heavy atom. The van der Waals surface area contributed by atoms with Gasteiger partial charge in [-0.1, -0.05) is 0 Å². The second-order valence-electron chi connectivity index (χ2n) is 6.43. The molecule has 150 valence electrons. The fraction of sp³-hybridized carbons (Fsp3) is 0.350. The zero-order valence-electron chi connectivity index (χ0n) is 16.0. The molecule has 2 aromatic rings. The number of amides is 1. The van der Waals surface area contributed by atoms with Gasteiger partial charge in [-0.25, -0.2) is 8.42 Å². The molecule has 1 heterocycles. The highest BCUT2D eigenvalue weighted by Gasteiger charge is 2.26. The fourth-order valence-corrected chi connectivity index (χ4v) is 4.30. The molecule has 1 aliphatic heterocycles. The predicted octanol–water partition coefficient (Wildman–Crippen LogP) is 2.82. The van der Waals surface area contributed by atoms with E-state index in [9.17, 15) is 13.2 Å². The van der Waals surface area contributed by atoms with Gasteiger partial charge in [0, 0.05) is 12.2 Å². The lowest BCUT2D eigenvalue weighted by atomic mass is 10.0. The molecule has 0 aliphatic carbocycles. The van der Waals surface area contributed by atoms with Gasteiger partial charge in [-0.2, -0.15) is 0 Å². The summed E-state index contributed by atoms with van der Waals surface area (Å²) in [5, 5.41) is 2.80. The van der Waals surface area contributed by atoms with Crippen LogP contribution in [0, 0.1) is 0 Å². The lowest BCUT2D eigenvalue weighted by Crippen LogP contribution is -2.36. The van der Waals surface area contributed by atoms with E-state index < -0.39 is 10.0 Å². The van der Waals surface area contributed by atoms with Crippen LogP contribution in [0.5, 0.6) is 11.5 Å². The van der Waals surface area contributed by atoms with E-state index in [1.54, 1.807) is 50.4 Å². The van der Waals surface area contributed by atoms with Crippen LogP contribution in [0.1, 0.15) is 18.9 Å². The van der Waals surface area contributed by atoms with Gasteiger partial charge in [-0.05, 0) is 67.8 Å². The summed E-state index contributed by atoms with van der Waals surface area (Å²) in [5.41, 5.74) is 2.23. The summed E-state index contributed by atoms with van der Waals surface area (Å²) in [6, 6.07) is 12.3. The number of nitrogens with one attached hydrogen (secondary N) is 1. The molecule has 0 spiro atoms. The first-order valence-electron chi connectivity index (χ1n) is 9.13. The second kappa shape index (κ2) is 8.52. The molecule has 0 unspecified atom stereocenters. The third kappa shape index (κ3) is 4.56. The largest absolute Gasteiger partial charge is 0.497 e. The molecule has 1 N–H and O–H groups in total. The third-order valence-corrected chi connectivity index (χ3v) is 6.35. The molecule has 0 saturated heterocycles. The van der Waals surface area contributed by atoms with Gasteiger partial charge in [0.1, 0.15) is 11.5 Å². The molecule has 8 heteroatoms. The molecule has 7 nitrogen and oxygen atoms in total. The average molecular weight is 404 g/mol. The number of anilines is 2. The highest BCUT2D eigenvalue weighted by molar-refractivity contribution is 7.92. The van der Waals surface area contributed by atoms with Gasteiger partial charge in [0.05, 0.1) is 18.6 Å². The van der Waals surface area contributed by atoms with E-state index in [0.717, 1.165) is 18.4 Å². The summed E-state index contributed by atoms with van der Waals surface area (Å²) in [4.78, 5) is 12.2. The maximum atomic E-state index is 12.3. The Labute approximate surface area is 165 Å². The van der Waals surface area contributed by atoms with Gasteiger partial charge >= 0.3 is 0 Å². The van der Waals surface area contributed by atoms with Crippen molar-refractivity contribution < 1.29 is 22.7 Å². The van der Waals surface area contributed by atoms with E-state index >= 15 is 0 Å². The van der Waals surface area contributed by atoms with Crippen molar-refractivity contribution in [3.63, 3.8) is 0 Å². The minimum Gasteiger partial charge on any atom is -0.497 e. The first-order valence-corrected chi connectivity index (χ1v) is 10.7. The van der Waals surface area contributed by atoms with Crippen LogP contribution in [0.25, 0.3) is 0 Å². The number of methoxy groups -OCH3 is 1. The Kier molecular flexibility index (Phi) is 6.08. The van der Waals surface area contributed by atoms with Crippen molar-refractivity contribution in [3.8, 4) is 11.5 Å². The van der Waals surface area contributed by atoms with E-state index in [4.69, 9.17) is 9.47 Å². The van der Waals surface area contributed by atoms with Crippen molar-refractivity contribution in [2.24, 2.45) is 0 Å². The Morgan fingerprint density at radius 3 is 2.54 bits per heavy atom. The summed E-state index contributed by atoms with van der Waals surface area (Å²) in [5.74, 6) is 1.06. The van der Waals surface area contributed by atoms with Gasteiger partial charge in [0.15, 0.2) is 6.61 Å². The van der Waals surface area contributed by atoms with Gasteiger partial charge in [0.25, 0.3) is 5.91 Å². The maximum absolute atomic E-state index is 12.3. The molecule has 1 amide bonds. The fourth-order valence-electron chi connectivity index (χ4n) is 3.10. The number of hydrogen-bond donors (Lipinski definition) is 1. The summed E-state index contributed by atoms with van der Waals surface area (Å²) in [6.45, 7) is 2.01. The van der Waals surface area contributed by atoms with Gasteiger partial charge in [0.2, 0.25) is 10.0 Å². The number of rotatable bonds is 7. The molecule has 0 saturated carbocycles. The van der Waals surface area contributed by atoms with Crippen LogP contribution in [-0.4, -0.2) is 40.3 Å². The number of nitrogens with zero attached hydrogens (tertiary/aromatic N) is 1. The van der Waals surface area contributed by atoms with Crippen molar-refractivity contribution in [2.45, 2.75) is 19.8 Å². The second-order valence-corrected chi connectivity index (χ2v) is 8.61. The minimum atomic E-state index is -3.30. The molecule has 3 rings (SSSR count). The van der Waals surface area contributed by atoms with Gasteiger partial charge in [-0.15, -0.1) is 0 Å². The summed E-state index contributed by atoms with van der Waals surface area (Å²) >= 11 is 0. The number of fused-ring (bicyclic) bond motifs is 1. The maximum Gasteiger partial charge on any atom is 0.262 e. The first-order chi connectivity index (χ1) is 13.4. The van der Waals surface area contributed by atoms with Crippen molar-refractivity contribution in [2.75, 3.05) is 35.6 Å². The molecule has 1 aliphatic rings. The number of carbonyl (C=O) groups excluding carboxylic acids is 1. The van der Waals surface area contributed by atoms with E-state index in [1.807, 2.05) is 6.07 Å².